The van der Waals surface area contributed by atoms with Crippen LogP contribution in [0.15, 0.2) is 22.7 Å². The van der Waals surface area contributed by atoms with E-state index in [0.29, 0.717) is 18.6 Å². The third kappa shape index (κ3) is 2.86. The summed E-state index contributed by atoms with van der Waals surface area (Å²) < 4.78 is 6.48. The molecule has 2 rings (SSSR count). The second-order valence-electron chi connectivity index (χ2n) is 4.43. The first-order valence-electron chi connectivity index (χ1n) is 5.44. The van der Waals surface area contributed by atoms with E-state index >= 15 is 0 Å². The number of aldehydes is 1. The zero-order chi connectivity index (χ0) is 12.3. The molecule has 1 fully saturated rings. The molecule has 0 radical (unpaired) electrons. The topological polar surface area (TPSA) is 50.1 Å². The molecule has 1 saturated carbocycles. The molecule has 0 bridgehead atoms. The van der Waals surface area contributed by atoms with Crippen LogP contribution >= 0.6 is 15.9 Å². The lowest BCUT2D eigenvalue weighted by molar-refractivity contribution is 0.112. The second kappa shape index (κ2) is 4.89. The summed E-state index contributed by atoms with van der Waals surface area (Å²) in [6, 6.07) is 7.42. The molecule has 0 amide bonds. The Bertz CT molecular complexity index is 475. The number of hydrogen-bond acceptors (Lipinski definition) is 3. The minimum absolute atomic E-state index is 0.0670. The van der Waals surface area contributed by atoms with Crippen LogP contribution < -0.4 is 4.74 Å². The van der Waals surface area contributed by atoms with Crippen LogP contribution in [0.4, 0.5) is 0 Å². The first-order valence-corrected chi connectivity index (χ1v) is 6.23. The quantitative estimate of drug-likeness (QED) is 0.783. The third-order valence-corrected chi connectivity index (χ3v) is 3.66. The van der Waals surface area contributed by atoms with Crippen molar-refractivity contribution in [2.75, 3.05) is 6.61 Å². The van der Waals surface area contributed by atoms with Gasteiger partial charge in [-0.05, 0) is 47.0 Å². The Hall–Kier alpha value is -1.34. The highest BCUT2D eigenvalue weighted by Crippen LogP contribution is 2.49. The van der Waals surface area contributed by atoms with Gasteiger partial charge in [0.05, 0.1) is 17.1 Å². The summed E-state index contributed by atoms with van der Waals surface area (Å²) in [5.41, 5.74) is 0.680. The van der Waals surface area contributed by atoms with Crippen LogP contribution in [0.2, 0.25) is 0 Å². The van der Waals surface area contributed by atoms with Crippen molar-refractivity contribution in [2.45, 2.75) is 19.3 Å². The molecular formula is C13H12BrNO2. The van der Waals surface area contributed by atoms with Crippen LogP contribution in [0.25, 0.3) is 0 Å². The molecule has 0 heterocycles. The molecule has 1 aliphatic carbocycles. The summed E-state index contributed by atoms with van der Waals surface area (Å²) in [4.78, 5) is 10.6. The maximum atomic E-state index is 10.6. The average Bonchev–Trinajstić information content (AvgIpc) is 3.08. The molecular weight excluding hydrogens is 282 g/mol. The summed E-state index contributed by atoms with van der Waals surface area (Å²) in [6.07, 6.45) is 3.47. The van der Waals surface area contributed by atoms with Crippen molar-refractivity contribution < 1.29 is 9.53 Å². The molecule has 4 heteroatoms. The zero-order valence-electron chi connectivity index (χ0n) is 9.28. The summed E-state index contributed by atoms with van der Waals surface area (Å²) >= 11 is 3.37. The fourth-order valence-corrected chi connectivity index (χ4v) is 2.17. The Morgan fingerprint density at radius 1 is 1.53 bits per heavy atom. The van der Waals surface area contributed by atoms with Crippen LogP contribution in [0.3, 0.4) is 0 Å². The van der Waals surface area contributed by atoms with Gasteiger partial charge in [0.2, 0.25) is 0 Å². The van der Waals surface area contributed by atoms with Gasteiger partial charge in [0.1, 0.15) is 12.0 Å². The van der Waals surface area contributed by atoms with Gasteiger partial charge in [-0.15, -0.1) is 0 Å². The Morgan fingerprint density at radius 3 is 2.82 bits per heavy atom. The van der Waals surface area contributed by atoms with Crippen LogP contribution in [-0.4, -0.2) is 12.9 Å². The zero-order valence-corrected chi connectivity index (χ0v) is 10.9. The minimum atomic E-state index is 0.0670. The molecule has 1 aromatic carbocycles. The monoisotopic (exact) mass is 293 g/mol. The lowest BCUT2D eigenvalue weighted by atomic mass is 10.1. The van der Waals surface area contributed by atoms with Crippen LogP contribution in [0.1, 0.15) is 29.6 Å². The van der Waals surface area contributed by atoms with Crippen molar-refractivity contribution >= 4 is 22.2 Å². The highest BCUT2D eigenvalue weighted by molar-refractivity contribution is 9.10. The van der Waals surface area contributed by atoms with Gasteiger partial charge in [0.15, 0.2) is 0 Å². The molecule has 0 unspecified atom stereocenters. The van der Waals surface area contributed by atoms with E-state index in [9.17, 15) is 4.79 Å². The van der Waals surface area contributed by atoms with E-state index in [2.05, 4.69) is 22.0 Å². The average molecular weight is 294 g/mol. The number of benzene rings is 1. The maximum Gasteiger partial charge on any atom is 0.150 e. The summed E-state index contributed by atoms with van der Waals surface area (Å²) in [7, 11) is 0. The minimum Gasteiger partial charge on any atom is -0.492 e. The van der Waals surface area contributed by atoms with Gasteiger partial charge in [0.25, 0.3) is 0 Å². The molecule has 0 saturated heterocycles. The molecule has 17 heavy (non-hydrogen) atoms. The molecule has 88 valence electrons. The van der Waals surface area contributed by atoms with E-state index in [4.69, 9.17) is 10.00 Å². The fraction of sp³-hybridized carbons (Fsp3) is 0.385. The van der Waals surface area contributed by atoms with Crippen molar-refractivity contribution in [3.8, 4) is 11.8 Å². The largest absolute Gasteiger partial charge is 0.492 e. The van der Waals surface area contributed by atoms with Crippen LogP contribution in [0.5, 0.6) is 5.75 Å². The molecule has 3 nitrogen and oxygen atoms in total. The van der Waals surface area contributed by atoms with Gasteiger partial charge in [-0.2, -0.15) is 5.26 Å². The van der Waals surface area contributed by atoms with Gasteiger partial charge >= 0.3 is 0 Å². The van der Waals surface area contributed by atoms with E-state index in [1.165, 1.54) is 0 Å². The number of carbonyl (C=O) groups excluding carboxylic acids is 1. The first kappa shape index (κ1) is 12.1. The number of nitrogens with zero attached hydrogens (tertiary/aromatic N) is 1. The van der Waals surface area contributed by atoms with E-state index in [1.54, 1.807) is 18.2 Å². The van der Waals surface area contributed by atoms with E-state index in [-0.39, 0.29) is 5.41 Å². The normalized spacial score (nSPS) is 16.0. The summed E-state index contributed by atoms with van der Waals surface area (Å²) in [5, 5.41) is 8.71. The first-order chi connectivity index (χ1) is 8.19. The number of rotatable bonds is 5. The van der Waals surface area contributed by atoms with Crippen LogP contribution in [-0.2, 0) is 0 Å². The molecule has 0 atom stereocenters. The lowest BCUT2D eigenvalue weighted by Gasteiger charge is -2.14. The summed E-state index contributed by atoms with van der Waals surface area (Å²) in [6.45, 7) is 0.569. The smallest absolute Gasteiger partial charge is 0.150 e. The predicted molar refractivity (Wildman–Crippen MR) is 66.9 cm³/mol. The Morgan fingerprint density at radius 2 is 2.29 bits per heavy atom. The maximum absolute atomic E-state index is 10.6. The number of ether oxygens (including phenoxy) is 1. The van der Waals surface area contributed by atoms with E-state index in [0.717, 1.165) is 29.4 Å². The number of nitriles is 1. The van der Waals surface area contributed by atoms with Crippen molar-refractivity contribution in [1.29, 1.82) is 5.26 Å². The third-order valence-electron chi connectivity index (χ3n) is 3.04. The van der Waals surface area contributed by atoms with Gasteiger partial charge in [0, 0.05) is 17.4 Å². The van der Waals surface area contributed by atoms with Gasteiger partial charge in [-0.1, -0.05) is 0 Å². The molecule has 1 aromatic rings. The van der Waals surface area contributed by atoms with Crippen molar-refractivity contribution in [3.63, 3.8) is 0 Å². The van der Waals surface area contributed by atoms with E-state index < -0.39 is 0 Å². The number of hydrogen-bond donors (Lipinski definition) is 0. The fourth-order valence-electron chi connectivity index (χ4n) is 1.65. The van der Waals surface area contributed by atoms with Crippen LogP contribution in [0, 0.1) is 16.7 Å². The highest BCUT2D eigenvalue weighted by atomic mass is 79.9. The number of carbonyl (C=O) groups is 1. The Balaban J connectivity index is 2.00. The number of halogens is 1. The highest BCUT2D eigenvalue weighted by Gasteiger charge is 2.43. The Kier molecular flexibility index (Phi) is 3.49. The standard InChI is InChI=1S/C13H12BrNO2/c14-11-7-10(8-16)1-2-12(11)17-9-13(3-4-13)5-6-15/h1-2,7-8H,3-5,9H2. The molecule has 0 aliphatic heterocycles. The summed E-state index contributed by atoms with van der Waals surface area (Å²) in [5.74, 6) is 0.722. The van der Waals surface area contributed by atoms with Crippen molar-refractivity contribution in [1.82, 2.24) is 0 Å². The second-order valence-corrected chi connectivity index (χ2v) is 5.29. The molecule has 0 N–H and O–H groups in total. The van der Waals surface area contributed by atoms with Gasteiger partial charge < -0.3 is 4.74 Å². The lowest BCUT2D eigenvalue weighted by Crippen LogP contribution is -2.12. The molecule has 1 aliphatic rings. The van der Waals surface area contributed by atoms with Crippen molar-refractivity contribution in [3.05, 3.63) is 28.2 Å². The predicted octanol–water partition coefficient (Wildman–Crippen LogP) is 3.33. The Labute approximate surface area is 109 Å². The SMILES string of the molecule is N#CCC1(COc2ccc(C=O)cc2Br)CC1. The van der Waals surface area contributed by atoms with E-state index in [1.807, 2.05) is 0 Å². The van der Waals surface area contributed by atoms with Crippen molar-refractivity contribution in [2.24, 2.45) is 5.41 Å². The molecule has 0 aromatic heterocycles. The van der Waals surface area contributed by atoms with Gasteiger partial charge in [-0.3, -0.25) is 4.79 Å². The van der Waals surface area contributed by atoms with Gasteiger partial charge in [-0.25, -0.2) is 0 Å². The molecule has 0 spiro atoms.